The normalized spacial score (nSPS) is 15.6. The Kier molecular flexibility index (Phi) is 8.95. The van der Waals surface area contributed by atoms with Gasteiger partial charge in [-0.05, 0) is 37.3 Å². The van der Waals surface area contributed by atoms with Gasteiger partial charge in [0.1, 0.15) is 5.76 Å². The first-order valence-corrected chi connectivity index (χ1v) is 10.2. The fourth-order valence-electron chi connectivity index (χ4n) is 3.78. The summed E-state index contributed by atoms with van der Waals surface area (Å²) in [4.78, 5) is 11.4. The van der Waals surface area contributed by atoms with Crippen LogP contribution in [0, 0.1) is 19.8 Å². The Balaban J connectivity index is 0.00000300. The van der Waals surface area contributed by atoms with Gasteiger partial charge in [-0.3, -0.25) is 9.89 Å². The number of aliphatic imine (C=N–C) groups is 1. The minimum Gasteiger partial charge on any atom is -0.444 e. The van der Waals surface area contributed by atoms with E-state index in [4.69, 9.17) is 4.42 Å². The SMILES string of the molecule is CN=C(NCc1nc(C)c(C)o1)NCC(C(C)C)N1CCc2ccccc2C1.I. The van der Waals surface area contributed by atoms with Gasteiger partial charge in [0.15, 0.2) is 5.96 Å². The molecule has 1 unspecified atom stereocenters. The van der Waals surface area contributed by atoms with Gasteiger partial charge in [0, 0.05) is 32.7 Å². The molecule has 6 nitrogen and oxygen atoms in total. The Labute approximate surface area is 191 Å². The number of fused-ring (bicyclic) bond motifs is 1. The van der Waals surface area contributed by atoms with Crippen molar-refractivity contribution in [1.29, 1.82) is 0 Å². The Morgan fingerprint density at radius 2 is 1.93 bits per heavy atom. The molecule has 2 aromatic rings. The predicted octanol–water partition coefficient (Wildman–Crippen LogP) is 3.66. The van der Waals surface area contributed by atoms with E-state index in [1.165, 1.54) is 11.1 Å². The van der Waals surface area contributed by atoms with Gasteiger partial charge in [-0.15, -0.1) is 24.0 Å². The second kappa shape index (κ2) is 11.0. The lowest BCUT2D eigenvalue weighted by atomic mass is 9.95. The van der Waals surface area contributed by atoms with E-state index >= 15 is 0 Å². The van der Waals surface area contributed by atoms with Crippen LogP contribution in [0.15, 0.2) is 33.7 Å². The van der Waals surface area contributed by atoms with Crippen LogP contribution in [-0.4, -0.2) is 42.0 Å². The third kappa shape index (κ3) is 6.18. The zero-order valence-electron chi connectivity index (χ0n) is 18.2. The number of benzene rings is 1. The molecule has 2 heterocycles. The Morgan fingerprint density at radius 1 is 1.21 bits per heavy atom. The summed E-state index contributed by atoms with van der Waals surface area (Å²) in [5, 5.41) is 6.79. The van der Waals surface area contributed by atoms with Crippen LogP contribution in [0.4, 0.5) is 0 Å². The molecule has 7 heteroatoms. The number of nitrogens with one attached hydrogen (secondary N) is 2. The first-order valence-electron chi connectivity index (χ1n) is 10.2. The van der Waals surface area contributed by atoms with E-state index in [2.05, 4.69) is 63.6 Å². The molecule has 1 aromatic carbocycles. The molecule has 1 aromatic heterocycles. The molecule has 0 amide bonds. The van der Waals surface area contributed by atoms with Crippen LogP contribution in [0.3, 0.4) is 0 Å². The summed E-state index contributed by atoms with van der Waals surface area (Å²) in [6.45, 7) is 12.0. The zero-order chi connectivity index (χ0) is 20.1. The van der Waals surface area contributed by atoms with Crippen molar-refractivity contribution < 1.29 is 4.42 Å². The zero-order valence-corrected chi connectivity index (χ0v) is 20.5. The van der Waals surface area contributed by atoms with Crippen molar-refractivity contribution in [3.8, 4) is 0 Å². The fourth-order valence-corrected chi connectivity index (χ4v) is 3.78. The summed E-state index contributed by atoms with van der Waals surface area (Å²) in [6.07, 6.45) is 1.12. The smallest absolute Gasteiger partial charge is 0.214 e. The monoisotopic (exact) mass is 511 g/mol. The van der Waals surface area contributed by atoms with E-state index in [1.807, 2.05) is 13.8 Å². The van der Waals surface area contributed by atoms with E-state index in [0.717, 1.165) is 43.5 Å². The first kappa shape index (κ1) is 23.7. The third-order valence-corrected chi connectivity index (χ3v) is 5.58. The standard InChI is InChI=1S/C22H33N5O.HI/c1-15(2)20(27-11-10-18-8-6-7-9-19(18)14-27)12-24-22(23-5)25-13-21-26-16(3)17(4)28-21;/h6-9,15,20H,10-14H2,1-5H3,(H2,23,24,25);1H. The van der Waals surface area contributed by atoms with Crippen molar-refractivity contribution in [3.05, 3.63) is 52.7 Å². The highest BCUT2D eigenvalue weighted by Crippen LogP contribution is 2.22. The maximum Gasteiger partial charge on any atom is 0.214 e. The molecular formula is C22H34IN5O. The van der Waals surface area contributed by atoms with Crippen LogP contribution >= 0.6 is 24.0 Å². The van der Waals surface area contributed by atoms with Crippen molar-refractivity contribution in [2.75, 3.05) is 20.1 Å². The molecule has 0 bridgehead atoms. The van der Waals surface area contributed by atoms with E-state index in [0.29, 0.717) is 24.4 Å². The third-order valence-electron chi connectivity index (χ3n) is 5.58. The van der Waals surface area contributed by atoms with Crippen molar-refractivity contribution in [2.45, 2.75) is 53.2 Å². The predicted molar refractivity (Wildman–Crippen MR) is 129 cm³/mol. The summed E-state index contributed by atoms with van der Waals surface area (Å²) >= 11 is 0. The highest BCUT2D eigenvalue weighted by Gasteiger charge is 2.25. The topological polar surface area (TPSA) is 65.7 Å². The number of aryl methyl sites for hydroxylation is 2. The molecular weight excluding hydrogens is 477 g/mol. The van der Waals surface area contributed by atoms with Gasteiger partial charge in [0.25, 0.3) is 0 Å². The lowest BCUT2D eigenvalue weighted by Gasteiger charge is -2.38. The summed E-state index contributed by atoms with van der Waals surface area (Å²) in [5.41, 5.74) is 3.88. The van der Waals surface area contributed by atoms with Crippen LogP contribution in [0.1, 0.15) is 42.3 Å². The average Bonchev–Trinajstić information content (AvgIpc) is 3.01. The molecule has 0 spiro atoms. The number of hydrogen-bond donors (Lipinski definition) is 2. The maximum atomic E-state index is 5.64. The molecule has 0 saturated carbocycles. The van der Waals surface area contributed by atoms with Crippen molar-refractivity contribution in [2.24, 2.45) is 10.9 Å². The number of hydrogen-bond acceptors (Lipinski definition) is 4. The minimum absolute atomic E-state index is 0. The molecule has 3 rings (SSSR count). The quantitative estimate of drug-likeness (QED) is 0.352. The molecule has 1 atom stereocenters. The molecule has 0 aliphatic carbocycles. The Hall–Kier alpha value is -1.61. The van der Waals surface area contributed by atoms with Crippen LogP contribution in [-0.2, 0) is 19.5 Å². The van der Waals surface area contributed by atoms with Gasteiger partial charge >= 0.3 is 0 Å². The molecule has 29 heavy (non-hydrogen) atoms. The van der Waals surface area contributed by atoms with E-state index in [1.54, 1.807) is 7.05 Å². The molecule has 1 aliphatic heterocycles. The van der Waals surface area contributed by atoms with E-state index < -0.39 is 0 Å². The minimum atomic E-state index is 0. The molecule has 160 valence electrons. The number of aromatic nitrogens is 1. The molecule has 0 saturated heterocycles. The van der Waals surface area contributed by atoms with Gasteiger partial charge in [0.2, 0.25) is 5.89 Å². The summed E-state index contributed by atoms with van der Waals surface area (Å²) in [7, 11) is 1.79. The maximum absolute atomic E-state index is 5.64. The highest BCUT2D eigenvalue weighted by atomic mass is 127. The Morgan fingerprint density at radius 3 is 2.55 bits per heavy atom. The number of oxazole rings is 1. The van der Waals surface area contributed by atoms with E-state index in [-0.39, 0.29) is 24.0 Å². The lowest BCUT2D eigenvalue weighted by Crippen LogP contribution is -2.50. The highest BCUT2D eigenvalue weighted by molar-refractivity contribution is 14.0. The lowest BCUT2D eigenvalue weighted by molar-refractivity contribution is 0.140. The van der Waals surface area contributed by atoms with Gasteiger partial charge in [-0.2, -0.15) is 0 Å². The van der Waals surface area contributed by atoms with Crippen LogP contribution in [0.25, 0.3) is 0 Å². The second-order valence-corrected chi connectivity index (χ2v) is 7.86. The van der Waals surface area contributed by atoms with Gasteiger partial charge < -0.3 is 15.1 Å². The molecule has 0 radical (unpaired) electrons. The van der Waals surface area contributed by atoms with Gasteiger partial charge in [-0.1, -0.05) is 38.1 Å². The van der Waals surface area contributed by atoms with Crippen molar-refractivity contribution in [1.82, 2.24) is 20.5 Å². The van der Waals surface area contributed by atoms with Gasteiger partial charge in [0.05, 0.1) is 12.2 Å². The van der Waals surface area contributed by atoms with E-state index in [9.17, 15) is 0 Å². The second-order valence-electron chi connectivity index (χ2n) is 7.86. The van der Waals surface area contributed by atoms with Crippen LogP contribution in [0.5, 0.6) is 0 Å². The number of halogens is 1. The number of nitrogens with zero attached hydrogens (tertiary/aromatic N) is 3. The number of rotatable bonds is 6. The first-order chi connectivity index (χ1) is 13.5. The largest absolute Gasteiger partial charge is 0.444 e. The average molecular weight is 511 g/mol. The summed E-state index contributed by atoms with van der Waals surface area (Å²) in [5.74, 6) is 2.88. The fraction of sp³-hybridized carbons (Fsp3) is 0.545. The summed E-state index contributed by atoms with van der Waals surface area (Å²) < 4.78 is 5.64. The Bertz CT molecular complexity index is 798. The summed E-state index contributed by atoms with van der Waals surface area (Å²) in [6, 6.07) is 9.24. The molecule has 2 N–H and O–H groups in total. The van der Waals surface area contributed by atoms with Crippen molar-refractivity contribution >= 4 is 29.9 Å². The molecule has 1 aliphatic rings. The number of guanidine groups is 1. The van der Waals surface area contributed by atoms with Crippen molar-refractivity contribution in [3.63, 3.8) is 0 Å². The molecule has 0 fully saturated rings. The van der Waals surface area contributed by atoms with Gasteiger partial charge in [-0.25, -0.2) is 4.98 Å². The van der Waals surface area contributed by atoms with Crippen LogP contribution < -0.4 is 10.6 Å². The van der Waals surface area contributed by atoms with Crippen LogP contribution in [0.2, 0.25) is 0 Å².